The van der Waals surface area contributed by atoms with Gasteiger partial charge in [0.05, 0.1) is 19.3 Å². The summed E-state index contributed by atoms with van der Waals surface area (Å²) in [5, 5.41) is 3.05. The second kappa shape index (κ2) is 7.30. The number of carbonyl (C=O) groups is 1. The van der Waals surface area contributed by atoms with Crippen LogP contribution >= 0.6 is 0 Å². The van der Waals surface area contributed by atoms with Crippen LogP contribution in [0.3, 0.4) is 0 Å². The Kier molecular flexibility index (Phi) is 5.08. The quantitative estimate of drug-likeness (QED) is 0.789. The van der Waals surface area contributed by atoms with Gasteiger partial charge in [-0.3, -0.25) is 4.79 Å². The first-order valence-corrected chi connectivity index (χ1v) is 11.3. The van der Waals surface area contributed by atoms with E-state index in [1.54, 1.807) is 0 Å². The van der Waals surface area contributed by atoms with Crippen molar-refractivity contribution < 1.29 is 22.4 Å². The molecule has 1 saturated heterocycles. The molecule has 158 valence electrons. The third-order valence-corrected chi connectivity index (χ3v) is 7.43. The van der Waals surface area contributed by atoms with E-state index < -0.39 is 10.0 Å². The van der Waals surface area contributed by atoms with E-state index in [2.05, 4.69) is 24.1 Å². The Hall–Kier alpha value is -2.10. The number of furan rings is 1. The van der Waals surface area contributed by atoms with Crippen molar-refractivity contribution in [3.8, 4) is 0 Å². The van der Waals surface area contributed by atoms with Crippen LogP contribution in [0.1, 0.15) is 53.9 Å². The molecule has 0 bridgehead atoms. The molecule has 1 unspecified atom stereocenters. The van der Waals surface area contributed by atoms with Crippen LogP contribution in [-0.4, -0.2) is 49.9 Å². The predicted octanol–water partition coefficient (Wildman–Crippen LogP) is 2.38. The zero-order valence-electron chi connectivity index (χ0n) is 16.9. The van der Waals surface area contributed by atoms with Crippen molar-refractivity contribution in [3.05, 3.63) is 41.1 Å². The van der Waals surface area contributed by atoms with Gasteiger partial charge < -0.3 is 19.5 Å². The van der Waals surface area contributed by atoms with Crippen LogP contribution in [0.25, 0.3) is 0 Å². The molecular weight excluding hydrogens is 394 g/mol. The summed E-state index contributed by atoms with van der Waals surface area (Å²) < 4.78 is 38.0. The molecule has 1 fully saturated rings. The van der Waals surface area contributed by atoms with Gasteiger partial charge >= 0.3 is 0 Å². The molecular formula is C20H27N3O5S. The van der Waals surface area contributed by atoms with Crippen LogP contribution in [-0.2, 0) is 21.2 Å². The number of nitrogens with one attached hydrogen (secondary N) is 2. The normalized spacial score (nSPS) is 22.2. The maximum absolute atomic E-state index is 12.9. The van der Waals surface area contributed by atoms with Crippen molar-refractivity contribution in [3.63, 3.8) is 0 Å². The number of morpholine rings is 1. The number of hydrogen-bond acceptors (Lipinski definition) is 5. The molecule has 2 aromatic rings. The number of amides is 1. The number of ether oxygens (including phenoxy) is 1. The average molecular weight is 422 g/mol. The number of carbonyl (C=O) groups excluding carboxylic acids is 1. The second-order valence-corrected chi connectivity index (χ2v) is 10.5. The lowest BCUT2D eigenvalue weighted by Crippen LogP contribution is -2.40. The minimum atomic E-state index is -3.64. The van der Waals surface area contributed by atoms with Crippen molar-refractivity contribution >= 4 is 15.9 Å². The molecule has 4 rings (SSSR count). The van der Waals surface area contributed by atoms with Crippen molar-refractivity contribution in [1.29, 1.82) is 0 Å². The molecule has 2 N–H and O–H groups in total. The van der Waals surface area contributed by atoms with Gasteiger partial charge in [0.1, 0.15) is 22.1 Å². The number of H-pyrrole nitrogens is 1. The summed E-state index contributed by atoms with van der Waals surface area (Å²) in [5.41, 5.74) is 1.22. The Labute approximate surface area is 170 Å². The summed E-state index contributed by atoms with van der Waals surface area (Å²) in [6.45, 7) is 7.58. The van der Waals surface area contributed by atoms with Crippen LogP contribution in [0.15, 0.2) is 27.6 Å². The number of sulfonamides is 1. The molecule has 9 heteroatoms. The van der Waals surface area contributed by atoms with Crippen molar-refractivity contribution in [1.82, 2.24) is 14.6 Å². The number of rotatable bonds is 4. The Morgan fingerprint density at radius 2 is 2.00 bits per heavy atom. The molecule has 0 radical (unpaired) electrons. The fourth-order valence-electron chi connectivity index (χ4n) is 4.14. The molecule has 3 heterocycles. The lowest BCUT2D eigenvalue weighted by Gasteiger charge is -2.34. The highest BCUT2D eigenvalue weighted by atomic mass is 32.2. The zero-order valence-corrected chi connectivity index (χ0v) is 17.8. The number of hydrogen-bond donors (Lipinski definition) is 2. The molecule has 8 nitrogen and oxygen atoms in total. The monoisotopic (exact) mass is 421 g/mol. The van der Waals surface area contributed by atoms with Gasteiger partial charge in [-0.25, -0.2) is 8.42 Å². The van der Waals surface area contributed by atoms with E-state index >= 15 is 0 Å². The molecule has 0 spiro atoms. The third-order valence-electron chi connectivity index (χ3n) is 5.55. The fourth-order valence-corrected chi connectivity index (χ4v) is 5.54. The van der Waals surface area contributed by atoms with E-state index in [-0.39, 0.29) is 28.0 Å². The van der Waals surface area contributed by atoms with Gasteiger partial charge in [-0.15, -0.1) is 0 Å². The summed E-state index contributed by atoms with van der Waals surface area (Å²) in [5.74, 6) is 1.40. The highest BCUT2D eigenvalue weighted by Gasteiger charge is 2.36. The summed E-state index contributed by atoms with van der Waals surface area (Å²) in [6, 6.07) is 3.19. The smallest absolute Gasteiger partial charge is 0.268 e. The molecule has 2 aliphatic rings. The molecule has 0 saturated carbocycles. The van der Waals surface area contributed by atoms with Crippen molar-refractivity contribution in [2.75, 3.05) is 26.3 Å². The highest BCUT2D eigenvalue weighted by molar-refractivity contribution is 7.89. The van der Waals surface area contributed by atoms with Gasteiger partial charge in [-0.1, -0.05) is 13.8 Å². The van der Waals surface area contributed by atoms with Crippen molar-refractivity contribution in [2.45, 2.75) is 44.6 Å². The standard InChI is InChI=1S/C20H27N3O5S/c1-13-8-15-17(10-20(2,3)11-18(15)28-13)22-19(24)16-9-14(12-21-16)29(25,26)23-4-6-27-7-5-23/h8-9,12,17,21H,4-7,10-11H2,1-3H3,(H,22,24). The number of nitrogens with zero attached hydrogens (tertiary/aromatic N) is 1. The van der Waals surface area contributed by atoms with Gasteiger partial charge in [0.25, 0.3) is 5.91 Å². The fraction of sp³-hybridized carbons (Fsp3) is 0.550. The first kappa shape index (κ1) is 20.2. The summed E-state index contributed by atoms with van der Waals surface area (Å²) in [6.07, 6.45) is 2.98. The lowest BCUT2D eigenvalue weighted by molar-refractivity contribution is 0.0730. The summed E-state index contributed by atoms with van der Waals surface area (Å²) >= 11 is 0. The van der Waals surface area contributed by atoms with E-state index in [4.69, 9.17) is 9.15 Å². The SMILES string of the molecule is Cc1cc2c(o1)CC(C)(C)CC2NC(=O)c1cc(S(=O)(=O)N2CCOCC2)c[nH]1. The van der Waals surface area contributed by atoms with E-state index in [0.29, 0.717) is 26.3 Å². The maximum Gasteiger partial charge on any atom is 0.268 e. The van der Waals surface area contributed by atoms with E-state index in [0.717, 1.165) is 29.9 Å². The first-order chi connectivity index (χ1) is 13.7. The Bertz CT molecular complexity index is 1010. The molecule has 1 atom stereocenters. The Balaban J connectivity index is 1.53. The third kappa shape index (κ3) is 3.99. The van der Waals surface area contributed by atoms with Crippen molar-refractivity contribution in [2.24, 2.45) is 5.41 Å². The van der Waals surface area contributed by atoms with Crippen LogP contribution in [0, 0.1) is 12.3 Å². The largest absolute Gasteiger partial charge is 0.466 e. The second-order valence-electron chi connectivity index (χ2n) is 8.57. The van der Waals surface area contributed by atoms with Gasteiger partial charge in [0.15, 0.2) is 0 Å². The highest BCUT2D eigenvalue weighted by Crippen LogP contribution is 2.42. The maximum atomic E-state index is 12.9. The molecule has 29 heavy (non-hydrogen) atoms. The van der Waals surface area contributed by atoms with Gasteiger partial charge in [0.2, 0.25) is 10.0 Å². The predicted molar refractivity (Wildman–Crippen MR) is 106 cm³/mol. The molecule has 1 amide bonds. The lowest BCUT2D eigenvalue weighted by atomic mass is 9.74. The number of aromatic nitrogens is 1. The first-order valence-electron chi connectivity index (χ1n) is 9.82. The zero-order chi connectivity index (χ0) is 20.8. The molecule has 2 aromatic heterocycles. The summed E-state index contributed by atoms with van der Waals surface area (Å²) in [7, 11) is -3.64. The van der Waals surface area contributed by atoms with Gasteiger partial charge in [-0.2, -0.15) is 4.31 Å². The van der Waals surface area contributed by atoms with Gasteiger partial charge in [0, 0.05) is 31.3 Å². The Morgan fingerprint density at radius 1 is 1.28 bits per heavy atom. The Morgan fingerprint density at radius 3 is 2.72 bits per heavy atom. The number of aromatic amines is 1. The average Bonchev–Trinajstić information content (AvgIpc) is 3.28. The minimum absolute atomic E-state index is 0.00416. The molecule has 1 aliphatic carbocycles. The van der Waals surface area contributed by atoms with Crippen LogP contribution in [0.2, 0.25) is 0 Å². The topological polar surface area (TPSA) is 105 Å². The van der Waals surface area contributed by atoms with E-state index in [1.165, 1.54) is 16.6 Å². The minimum Gasteiger partial charge on any atom is -0.466 e. The van der Waals surface area contributed by atoms with Gasteiger partial charge in [-0.05, 0) is 30.9 Å². The molecule has 0 aromatic carbocycles. The van der Waals surface area contributed by atoms with Crippen LogP contribution in [0.5, 0.6) is 0 Å². The van der Waals surface area contributed by atoms with E-state index in [9.17, 15) is 13.2 Å². The van der Waals surface area contributed by atoms with Crippen LogP contribution in [0.4, 0.5) is 0 Å². The number of fused-ring (bicyclic) bond motifs is 1. The molecule has 1 aliphatic heterocycles. The van der Waals surface area contributed by atoms with E-state index in [1.807, 2.05) is 13.0 Å². The number of aryl methyl sites for hydroxylation is 1. The van der Waals surface area contributed by atoms with Crippen LogP contribution < -0.4 is 5.32 Å². The summed E-state index contributed by atoms with van der Waals surface area (Å²) in [4.78, 5) is 15.8.